The number of rotatable bonds is 7. The second-order valence-corrected chi connectivity index (χ2v) is 7.53. The number of allylic oxidation sites excluding steroid dienone is 1. The van der Waals surface area contributed by atoms with E-state index in [1.165, 1.54) is 12.1 Å². The molecule has 1 fully saturated rings. The summed E-state index contributed by atoms with van der Waals surface area (Å²) >= 11 is 0. The minimum atomic E-state index is -4.00. The summed E-state index contributed by atoms with van der Waals surface area (Å²) in [6.07, 6.45) is 4.49. The smallest absolute Gasteiger partial charge is 0.426 e. The highest BCUT2D eigenvalue weighted by molar-refractivity contribution is 5.31. The van der Waals surface area contributed by atoms with Gasteiger partial charge in [-0.3, -0.25) is 0 Å². The first-order chi connectivity index (χ1) is 13.8. The van der Waals surface area contributed by atoms with Crippen LogP contribution < -0.4 is 4.74 Å². The SMILES string of the molecule is C=CCC[C@H]1CC[C@H](c2ccc(OC(F)(F)c3cc(F)c(F)c(F)c3)cc2)CC1. The Balaban J connectivity index is 1.64. The van der Waals surface area contributed by atoms with Crippen molar-refractivity contribution < 1.29 is 26.7 Å². The average Bonchev–Trinajstić information content (AvgIpc) is 2.71. The van der Waals surface area contributed by atoms with E-state index in [1.807, 2.05) is 6.08 Å². The molecule has 0 aliphatic heterocycles. The van der Waals surface area contributed by atoms with Gasteiger partial charge in [0.15, 0.2) is 17.5 Å². The van der Waals surface area contributed by atoms with E-state index in [9.17, 15) is 22.0 Å². The van der Waals surface area contributed by atoms with E-state index in [0.717, 1.165) is 44.1 Å². The molecular weight excluding hydrogens is 387 g/mol. The first-order valence-corrected chi connectivity index (χ1v) is 9.73. The lowest BCUT2D eigenvalue weighted by Gasteiger charge is -2.28. The summed E-state index contributed by atoms with van der Waals surface area (Å²) < 4.78 is 72.6. The molecule has 0 saturated heterocycles. The Hall–Kier alpha value is -2.37. The van der Waals surface area contributed by atoms with Crippen molar-refractivity contribution in [1.82, 2.24) is 0 Å². The van der Waals surface area contributed by atoms with Crippen molar-refractivity contribution in [2.24, 2.45) is 5.92 Å². The van der Waals surface area contributed by atoms with Crippen LogP contribution in [0.5, 0.6) is 5.75 Å². The largest absolute Gasteiger partial charge is 0.429 e. The lowest BCUT2D eigenvalue weighted by Crippen LogP contribution is -2.22. The van der Waals surface area contributed by atoms with E-state index in [4.69, 9.17) is 0 Å². The van der Waals surface area contributed by atoms with Crippen molar-refractivity contribution in [1.29, 1.82) is 0 Å². The molecule has 0 radical (unpaired) electrons. The molecule has 2 aromatic rings. The maximum Gasteiger partial charge on any atom is 0.426 e. The normalized spacial score (nSPS) is 19.8. The van der Waals surface area contributed by atoms with Crippen molar-refractivity contribution >= 4 is 0 Å². The fourth-order valence-corrected chi connectivity index (χ4v) is 3.88. The molecule has 0 aromatic heterocycles. The van der Waals surface area contributed by atoms with Crippen molar-refractivity contribution in [2.45, 2.75) is 50.6 Å². The molecule has 2 aromatic carbocycles. The zero-order chi connectivity index (χ0) is 21.0. The fourth-order valence-electron chi connectivity index (χ4n) is 3.88. The van der Waals surface area contributed by atoms with E-state index in [1.54, 1.807) is 12.1 Å². The Labute approximate surface area is 167 Å². The minimum Gasteiger partial charge on any atom is -0.429 e. The molecule has 6 heteroatoms. The predicted octanol–water partition coefficient (Wildman–Crippen LogP) is 7.47. The van der Waals surface area contributed by atoms with Crippen LogP contribution in [0.3, 0.4) is 0 Å². The van der Waals surface area contributed by atoms with Gasteiger partial charge >= 0.3 is 6.11 Å². The summed E-state index contributed by atoms with van der Waals surface area (Å²) in [7, 11) is 0. The maximum atomic E-state index is 14.2. The van der Waals surface area contributed by atoms with Crippen LogP contribution >= 0.6 is 0 Å². The molecule has 156 valence electrons. The van der Waals surface area contributed by atoms with Gasteiger partial charge in [-0.25, -0.2) is 13.2 Å². The molecule has 0 unspecified atom stereocenters. The highest BCUT2D eigenvalue weighted by atomic mass is 19.3. The summed E-state index contributed by atoms with van der Waals surface area (Å²) in [5.74, 6) is -4.23. The summed E-state index contributed by atoms with van der Waals surface area (Å²) in [5.41, 5.74) is -0.0301. The first kappa shape index (κ1) is 21.3. The van der Waals surface area contributed by atoms with Crippen molar-refractivity contribution in [3.8, 4) is 5.75 Å². The molecule has 0 atom stereocenters. The molecule has 0 heterocycles. The molecule has 3 rings (SSSR count). The molecular formula is C23H23F5O. The molecule has 1 aliphatic rings. The number of alkyl halides is 2. The molecule has 29 heavy (non-hydrogen) atoms. The third-order valence-electron chi connectivity index (χ3n) is 5.54. The number of benzene rings is 2. The van der Waals surface area contributed by atoms with E-state index in [-0.39, 0.29) is 17.9 Å². The van der Waals surface area contributed by atoms with Gasteiger partial charge in [-0.05, 0) is 80.2 Å². The third kappa shape index (κ3) is 5.17. The van der Waals surface area contributed by atoms with Gasteiger partial charge in [0.25, 0.3) is 0 Å². The van der Waals surface area contributed by atoms with E-state index in [0.29, 0.717) is 11.8 Å². The van der Waals surface area contributed by atoms with Crippen LogP contribution in [0, 0.1) is 23.4 Å². The Kier molecular flexibility index (Phi) is 6.60. The van der Waals surface area contributed by atoms with E-state index in [2.05, 4.69) is 11.3 Å². The van der Waals surface area contributed by atoms with Crippen LogP contribution in [0.1, 0.15) is 55.6 Å². The van der Waals surface area contributed by atoms with Crippen LogP contribution in [0.2, 0.25) is 0 Å². The Morgan fingerprint density at radius 3 is 2.10 bits per heavy atom. The lowest BCUT2D eigenvalue weighted by atomic mass is 9.77. The van der Waals surface area contributed by atoms with Crippen LogP contribution in [0.4, 0.5) is 22.0 Å². The van der Waals surface area contributed by atoms with Gasteiger partial charge in [0.1, 0.15) is 5.75 Å². The number of ether oxygens (including phenoxy) is 1. The molecule has 1 saturated carbocycles. The molecule has 0 bridgehead atoms. The Morgan fingerprint density at radius 1 is 0.966 bits per heavy atom. The minimum absolute atomic E-state index is 0.136. The highest BCUT2D eigenvalue weighted by Gasteiger charge is 2.36. The molecule has 1 nitrogen and oxygen atoms in total. The van der Waals surface area contributed by atoms with Gasteiger partial charge in [-0.15, -0.1) is 6.58 Å². The second kappa shape index (κ2) is 8.97. The second-order valence-electron chi connectivity index (χ2n) is 7.53. The lowest BCUT2D eigenvalue weighted by molar-refractivity contribution is -0.185. The monoisotopic (exact) mass is 410 g/mol. The zero-order valence-corrected chi connectivity index (χ0v) is 15.9. The van der Waals surface area contributed by atoms with Gasteiger partial charge in [0.2, 0.25) is 0 Å². The van der Waals surface area contributed by atoms with Crippen LogP contribution in [-0.4, -0.2) is 0 Å². The van der Waals surface area contributed by atoms with Crippen molar-refractivity contribution in [3.05, 3.63) is 77.6 Å². The van der Waals surface area contributed by atoms with Crippen molar-refractivity contribution in [3.63, 3.8) is 0 Å². The van der Waals surface area contributed by atoms with Crippen LogP contribution in [0.15, 0.2) is 49.1 Å². The van der Waals surface area contributed by atoms with Crippen molar-refractivity contribution in [2.75, 3.05) is 0 Å². The molecule has 1 aliphatic carbocycles. The zero-order valence-electron chi connectivity index (χ0n) is 15.9. The van der Waals surface area contributed by atoms with Gasteiger partial charge in [-0.2, -0.15) is 8.78 Å². The fraction of sp³-hybridized carbons (Fsp3) is 0.391. The average molecular weight is 410 g/mol. The predicted molar refractivity (Wildman–Crippen MR) is 101 cm³/mol. The van der Waals surface area contributed by atoms with Gasteiger partial charge in [-0.1, -0.05) is 18.2 Å². The Morgan fingerprint density at radius 2 is 1.55 bits per heavy atom. The van der Waals surface area contributed by atoms with E-state index >= 15 is 0 Å². The van der Waals surface area contributed by atoms with Crippen LogP contribution in [-0.2, 0) is 6.11 Å². The molecule has 0 spiro atoms. The summed E-state index contributed by atoms with van der Waals surface area (Å²) in [5, 5.41) is 0. The summed E-state index contributed by atoms with van der Waals surface area (Å²) in [4.78, 5) is 0. The standard InChI is InChI=1S/C23H23F5O/c1-2-3-4-15-5-7-16(8-6-15)17-9-11-19(12-10-17)29-23(27,28)18-13-20(24)22(26)21(25)14-18/h2,9-16H,1,3-8H2/t15-,16-. The maximum absolute atomic E-state index is 14.2. The van der Waals surface area contributed by atoms with Gasteiger partial charge < -0.3 is 4.74 Å². The number of hydrogen-bond donors (Lipinski definition) is 0. The topological polar surface area (TPSA) is 9.23 Å². The molecule has 0 amide bonds. The molecule has 0 N–H and O–H groups in total. The summed E-state index contributed by atoms with van der Waals surface area (Å²) in [6, 6.07) is 6.79. The Bertz CT molecular complexity index is 816. The first-order valence-electron chi connectivity index (χ1n) is 9.73. The van der Waals surface area contributed by atoms with Gasteiger partial charge in [0.05, 0.1) is 5.56 Å². The third-order valence-corrected chi connectivity index (χ3v) is 5.54. The van der Waals surface area contributed by atoms with Crippen LogP contribution in [0.25, 0.3) is 0 Å². The summed E-state index contributed by atoms with van der Waals surface area (Å²) in [6.45, 7) is 3.75. The highest BCUT2D eigenvalue weighted by Crippen LogP contribution is 2.39. The van der Waals surface area contributed by atoms with E-state index < -0.39 is 29.1 Å². The quantitative estimate of drug-likeness (QED) is 0.261. The van der Waals surface area contributed by atoms with Gasteiger partial charge in [0, 0.05) is 0 Å². The number of halogens is 5. The number of hydrogen-bond acceptors (Lipinski definition) is 1.